The highest BCUT2D eigenvalue weighted by Crippen LogP contribution is 2.28. The quantitative estimate of drug-likeness (QED) is 0.763. The average Bonchev–Trinajstić information content (AvgIpc) is 2.44. The molecule has 1 amide bonds. The Morgan fingerprint density at radius 2 is 1.95 bits per heavy atom. The minimum Gasteiger partial charge on any atom is -0.490 e. The fourth-order valence-electron chi connectivity index (χ4n) is 1.91. The number of ether oxygens (including phenoxy) is 1. The molecule has 0 saturated heterocycles. The molecule has 1 N–H and O–H groups in total. The van der Waals surface area contributed by atoms with E-state index < -0.39 is 0 Å². The molecule has 0 unspecified atom stereocenters. The molecular formula is C17H17BrClNO2. The predicted octanol–water partition coefficient (Wildman–Crippen LogP) is 5.45. The van der Waals surface area contributed by atoms with E-state index in [0.29, 0.717) is 22.0 Å². The summed E-state index contributed by atoms with van der Waals surface area (Å²) in [7, 11) is 0. The van der Waals surface area contributed by atoms with Crippen molar-refractivity contribution in [2.75, 3.05) is 5.32 Å². The second kappa shape index (κ2) is 7.16. The Bertz CT molecular complexity index is 701. The van der Waals surface area contributed by atoms with Gasteiger partial charge >= 0.3 is 0 Å². The molecule has 0 aromatic heterocycles. The molecule has 0 saturated carbocycles. The van der Waals surface area contributed by atoms with Gasteiger partial charge in [-0.2, -0.15) is 0 Å². The van der Waals surface area contributed by atoms with E-state index in [1.807, 2.05) is 26.8 Å². The van der Waals surface area contributed by atoms with E-state index in [1.54, 1.807) is 30.3 Å². The average molecular weight is 383 g/mol. The van der Waals surface area contributed by atoms with Gasteiger partial charge in [0.25, 0.3) is 5.91 Å². The van der Waals surface area contributed by atoms with Gasteiger partial charge in [-0.05, 0) is 72.6 Å². The van der Waals surface area contributed by atoms with Gasteiger partial charge in [-0.15, -0.1) is 0 Å². The Kier molecular flexibility index (Phi) is 5.48. The lowest BCUT2D eigenvalue weighted by Crippen LogP contribution is -2.13. The summed E-state index contributed by atoms with van der Waals surface area (Å²) in [4.78, 5) is 12.3. The molecule has 0 fully saturated rings. The molecule has 2 rings (SSSR count). The Morgan fingerprint density at radius 3 is 2.59 bits per heavy atom. The SMILES string of the molecule is Cc1ccc(Cl)cc1NC(=O)c1ccc(OC(C)C)c(Br)c1. The fourth-order valence-corrected chi connectivity index (χ4v) is 2.56. The normalized spacial score (nSPS) is 10.6. The van der Waals surface area contributed by atoms with Gasteiger partial charge in [0.2, 0.25) is 0 Å². The van der Waals surface area contributed by atoms with Crippen molar-refractivity contribution >= 4 is 39.1 Å². The minimum absolute atomic E-state index is 0.0742. The van der Waals surface area contributed by atoms with Crippen LogP contribution >= 0.6 is 27.5 Å². The van der Waals surface area contributed by atoms with Crippen molar-refractivity contribution in [1.82, 2.24) is 0 Å². The van der Waals surface area contributed by atoms with E-state index in [0.717, 1.165) is 10.0 Å². The van der Waals surface area contributed by atoms with Gasteiger partial charge in [0.05, 0.1) is 10.6 Å². The Hall–Kier alpha value is -1.52. The smallest absolute Gasteiger partial charge is 0.255 e. The highest BCUT2D eigenvalue weighted by molar-refractivity contribution is 9.10. The number of rotatable bonds is 4. The first-order valence-electron chi connectivity index (χ1n) is 6.90. The molecule has 0 radical (unpaired) electrons. The number of aryl methyl sites for hydroxylation is 1. The number of benzene rings is 2. The first kappa shape index (κ1) is 16.8. The molecule has 0 aliphatic carbocycles. The number of hydrogen-bond acceptors (Lipinski definition) is 2. The molecule has 0 bridgehead atoms. The van der Waals surface area contributed by atoms with Crippen molar-refractivity contribution in [1.29, 1.82) is 0 Å². The number of halogens is 2. The minimum atomic E-state index is -0.192. The van der Waals surface area contributed by atoms with Crippen molar-refractivity contribution in [3.8, 4) is 5.75 Å². The zero-order valence-electron chi connectivity index (χ0n) is 12.6. The molecule has 0 aliphatic rings. The largest absolute Gasteiger partial charge is 0.490 e. The molecule has 116 valence electrons. The summed E-state index contributed by atoms with van der Waals surface area (Å²) in [5.41, 5.74) is 2.20. The highest BCUT2D eigenvalue weighted by Gasteiger charge is 2.11. The molecule has 2 aromatic rings. The Balaban J connectivity index is 2.19. The third-order valence-corrected chi connectivity index (χ3v) is 3.86. The summed E-state index contributed by atoms with van der Waals surface area (Å²) >= 11 is 9.39. The van der Waals surface area contributed by atoms with Crippen LogP contribution in [0.3, 0.4) is 0 Å². The van der Waals surface area contributed by atoms with Gasteiger partial charge in [-0.1, -0.05) is 17.7 Å². The maximum atomic E-state index is 12.3. The van der Waals surface area contributed by atoms with Crippen LogP contribution < -0.4 is 10.1 Å². The van der Waals surface area contributed by atoms with E-state index in [9.17, 15) is 4.79 Å². The Labute approximate surface area is 143 Å². The van der Waals surface area contributed by atoms with Gasteiger partial charge in [-0.3, -0.25) is 4.79 Å². The van der Waals surface area contributed by atoms with Crippen LogP contribution in [0.2, 0.25) is 5.02 Å². The van der Waals surface area contributed by atoms with Crippen LogP contribution in [-0.2, 0) is 0 Å². The fraction of sp³-hybridized carbons (Fsp3) is 0.235. The number of nitrogens with one attached hydrogen (secondary N) is 1. The number of amides is 1. The van der Waals surface area contributed by atoms with Crippen molar-refractivity contribution in [2.45, 2.75) is 26.9 Å². The topological polar surface area (TPSA) is 38.3 Å². The maximum Gasteiger partial charge on any atom is 0.255 e. The van der Waals surface area contributed by atoms with Gasteiger partial charge in [0.1, 0.15) is 5.75 Å². The molecule has 3 nitrogen and oxygen atoms in total. The lowest BCUT2D eigenvalue weighted by atomic mass is 10.1. The van der Waals surface area contributed by atoms with E-state index in [-0.39, 0.29) is 12.0 Å². The van der Waals surface area contributed by atoms with Crippen molar-refractivity contribution in [2.24, 2.45) is 0 Å². The molecular weight excluding hydrogens is 366 g/mol. The molecule has 0 spiro atoms. The zero-order valence-corrected chi connectivity index (χ0v) is 15.0. The highest BCUT2D eigenvalue weighted by atomic mass is 79.9. The lowest BCUT2D eigenvalue weighted by molar-refractivity contribution is 0.102. The van der Waals surface area contributed by atoms with Crippen molar-refractivity contribution in [3.05, 3.63) is 57.0 Å². The molecule has 0 aliphatic heterocycles. The van der Waals surface area contributed by atoms with Crippen LogP contribution in [0.5, 0.6) is 5.75 Å². The van der Waals surface area contributed by atoms with Gasteiger partial charge in [-0.25, -0.2) is 0 Å². The summed E-state index contributed by atoms with van der Waals surface area (Å²) in [5, 5.41) is 3.46. The number of carbonyl (C=O) groups is 1. The first-order chi connectivity index (χ1) is 10.4. The van der Waals surface area contributed by atoms with Crippen LogP contribution in [0.25, 0.3) is 0 Å². The van der Waals surface area contributed by atoms with E-state index in [1.165, 1.54) is 0 Å². The first-order valence-corrected chi connectivity index (χ1v) is 8.07. The van der Waals surface area contributed by atoms with Gasteiger partial charge < -0.3 is 10.1 Å². The third-order valence-electron chi connectivity index (χ3n) is 3.00. The third kappa shape index (κ3) is 4.24. The van der Waals surface area contributed by atoms with Gasteiger partial charge in [0, 0.05) is 16.3 Å². The summed E-state index contributed by atoms with van der Waals surface area (Å²) in [5.74, 6) is 0.521. The maximum absolute atomic E-state index is 12.3. The van der Waals surface area contributed by atoms with Crippen LogP contribution in [0.1, 0.15) is 29.8 Å². The van der Waals surface area contributed by atoms with Crippen LogP contribution in [0, 0.1) is 6.92 Å². The molecule has 22 heavy (non-hydrogen) atoms. The van der Waals surface area contributed by atoms with Crippen LogP contribution in [0.4, 0.5) is 5.69 Å². The van der Waals surface area contributed by atoms with Crippen molar-refractivity contribution in [3.63, 3.8) is 0 Å². The second-order valence-electron chi connectivity index (χ2n) is 5.23. The number of carbonyl (C=O) groups excluding carboxylic acids is 1. The van der Waals surface area contributed by atoms with Crippen molar-refractivity contribution < 1.29 is 9.53 Å². The molecule has 0 atom stereocenters. The second-order valence-corrected chi connectivity index (χ2v) is 6.52. The summed E-state index contributed by atoms with van der Waals surface area (Å²) in [6.45, 7) is 5.82. The molecule has 5 heteroatoms. The summed E-state index contributed by atoms with van der Waals surface area (Å²) in [6, 6.07) is 10.7. The number of hydrogen-bond donors (Lipinski definition) is 1. The standard InChI is InChI=1S/C17H17BrClNO2/c1-10(2)22-16-7-5-12(8-14(16)18)17(21)20-15-9-13(19)6-4-11(15)3/h4-10H,1-3H3,(H,20,21). The summed E-state index contributed by atoms with van der Waals surface area (Å²) < 4.78 is 6.38. The summed E-state index contributed by atoms with van der Waals surface area (Å²) in [6.07, 6.45) is 0.0742. The molecule has 0 heterocycles. The predicted molar refractivity (Wildman–Crippen MR) is 94.0 cm³/mol. The monoisotopic (exact) mass is 381 g/mol. The van der Waals surface area contributed by atoms with E-state index >= 15 is 0 Å². The molecule has 2 aromatic carbocycles. The zero-order chi connectivity index (χ0) is 16.3. The van der Waals surface area contributed by atoms with Crippen LogP contribution in [-0.4, -0.2) is 12.0 Å². The van der Waals surface area contributed by atoms with Crippen LogP contribution in [0.15, 0.2) is 40.9 Å². The lowest BCUT2D eigenvalue weighted by Gasteiger charge is -2.13. The van der Waals surface area contributed by atoms with E-state index in [4.69, 9.17) is 16.3 Å². The van der Waals surface area contributed by atoms with Gasteiger partial charge in [0.15, 0.2) is 0 Å². The number of anilines is 1. The van der Waals surface area contributed by atoms with E-state index in [2.05, 4.69) is 21.2 Å². The Morgan fingerprint density at radius 1 is 1.23 bits per heavy atom.